The van der Waals surface area contributed by atoms with Gasteiger partial charge in [0, 0.05) is 6.42 Å². The van der Waals surface area contributed by atoms with E-state index in [0.29, 0.717) is 38.5 Å². The van der Waals surface area contributed by atoms with Crippen LogP contribution in [0.5, 0.6) is 0 Å². The molecular weight excluding hydrogens is 260 g/mol. The third kappa shape index (κ3) is 2.78. The van der Waals surface area contributed by atoms with Crippen molar-refractivity contribution >= 4 is 17.7 Å². The quantitative estimate of drug-likeness (QED) is 0.547. The van der Waals surface area contributed by atoms with E-state index in [9.17, 15) is 9.59 Å². The molecule has 112 valence electrons. The zero-order chi connectivity index (χ0) is 15.0. The standard InChI is InChI=1S/C14H22N2O4/c1-13(2,3)20-12(18)16-11(17)6-9-14(16)7-4-10(15-19)5-8-14/h19H,4-9H2,1-3H3. The lowest BCUT2D eigenvalue weighted by Gasteiger charge is -2.40. The van der Waals surface area contributed by atoms with Crippen molar-refractivity contribution in [1.82, 2.24) is 4.90 Å². The number of ether oxygens (including phenoxy) is 1. The molecule has 2 amide bonds. The Morgan fingerprint density at radius 1 is 1.25 bits per heavy atom. The van der Waals surface area contributed by atoms with Gasteiger partial charge in [-0.25, -0.2) is 9.69 Å². The highest BCUT2D eigenvalue weighted by Gasteiger charge is 2.51. The molecule has 1 heterocycles. The number of imide groups is 1. The zero-order valence-electron chi connectivity index (χ0n) is 12.3. The molecule has 6 nitrogen and oxygen atoms in total. The fourth-order valence-corrected chi connectivity index (χ4v) is 3.01. The van der Waals surface area contributed by atoms with Gasteiger partial charge in [-0.3, -0.25) is 4.79 Å². The van der Waals surface area contributed by atoms with Crippen LogP contribution in [0.15, 0.2) is 5.16 Å². The van der Waals surface area contributed by atoms with Crippen LogP contribution in [-0.4, -0.2) is 39.0 Å². The first-order valence-corrected chi connectivity index (χ1v) is 7.03. The van der Waals surface area contributed by atoms with E-state index in [0.717, 1.165) is 5.71 Å². The molecule has 6 heteroatoms. The van der Waals surface area contributed by atoms with Crippen molar-refractivity contribution in [3.8, 4) is 0 Å². The molecule has 0 aromatic heterocycles. The summed E-state index contributed by atoms with van der Waals surface area (Å²) < 4.78 is 5.36. The number of hydrogen-bond acceptors (Lipinski definition) is 5. The molecule has 2 rings (SSSR count). The number of likely N-dealkylation sites (tertiary alicyclic amines) is 1. The van der Waals surface area contributed by atoms with E-state index in [1.54, 1.807) is 20.8 Å². The Balaban J connectivity index is 2.17. The molecule has 1 saturated carbocycles. The van der Waals surface area contributed by atoms with Gasteiger partial charge < -0.3 is 9.94 Å². The maximum atomic E-state index is 12.3. The zero-order valence-corrected chi connectivity index (χ0v) is 12.3. The number of oxime groups is 1. The van der Waals surface area contributed by atoms with E-state index in [4.69, 9.17) is 9.94 Å². The van der Waals surface area contributed by atoms with E-state index >= 15 is 0 Å². The molecule has 0 radical (unpaired) electrons. The van der Waals surface area contributed by atoms with Crippen molar-refractivity contribution in [2.45, 2.75) is 70.4 Å². The average Bonchev–Trinajstić information content (AvgIpc) is 2.65. The summed E-state index contributed by atoms with van der Waals surface area (Å²) in [5, 5.41) is 12.1. The molecule has 1 aliphatic heterocycles. The molecule has 0 atom stereocenters. The van der Waals surface area contributed by atoms with E-state index in [2.05, 4.69) is 5.16 Å². The van der Waals surface area contributed by atoms with Crippen LogP contribution in [0.2, 0.25) is 0 Å². The second-order valence-electron chi connectivity index (χ2n) is 6.60. The van der Waals surface area contributed by atoms with Crippen LogP contribution in [0.4, 0.5) is 4.79 Å². The van der Waals surface area contributed by atoms with Gasteiger partial charge >= 0.3 is 6.09 Å². The van der Waals surface area contributed by atoms with Crippen molar-refractivity contribution < 1.29 is 19.5 Å². The van der Waals surface area contributed by atoms with Gasteiger partial charge in [0.25, 0.3) is 0 Å². The second kappa shape index (κ2) is 5.07. The summed E-state index contributed by atoms with van der Waals surface area (Å²) in [5.74, 6) is -0.163. The smallest absolute Gasteiger partial charge is 0.417 e. The monoisotopic (exact) mass is 282 g/mol. The van der Waals surface area contributed by atoms with Crippen molar-refractivity contribution in [3.05, 3.63) is 0 Å². The molecule has 2 fully saturated rings. The third-order valence-electron chi connectivity index (χ3n) is 4.00. The van der Waals surface area contributed by atoms with Crippen molar-refractivity contribution in [2.75, 3.05) is 0 Å². The van der Waals surface area contributed by atoms with Crippen LogP contribution in [0.1, 0.15) is 59.3 Å². The lowest BCUT2D eigenvalue weighted by Crippen LogP contribution is -2.52. The summed E-state index contributed by atoms with van der Waals surface area (Å²) in [6.07, 6.45) is 3.03. The van der Waals surface area contributed by atoms with Crippen molar-refractivity contribution in [2.24, 2.45) is 5.16 Å². The molecule has 1 N–H and O–H groups in total. The van der Waals surface area contributed by atoms with Crippen LogP contribution in [0.25, 0.3) is 0 Å². The van der Waals surface area contributed by atoms with Crippen LogP contribution in [0.3, 0.4) is 0 Å². The maximum Gasteiger partial charge on any atom is 0.417 e. The molecule has 20 heavy (non-hydrogen) atoms. The van der Waals surface area contributed by atoms with Gasteiger partial charge in [0.05, 0.1) is 11.3 Å². The topological polar surface area (TPSA) is 79.2 Å². The van der Waals surface area contributed by atoms with Crippen LogP contribution in [-0.2, 0) is 9.53 Å². The number of carbonyl (C=O) groups excluding carboxylic acids is 2. The van der Waals surface area contributed by atoms with E-state index < -0.39 is 17.2 Å². The summed E-state index contributed by atoms with van der Waals surface area (Å²) in [6.45, 7) is 5.36. The van der Waals surface area contributed by atoms with E-state index in [-0.39, 0.29) is 5.91 Å². The Hall–Kier alpha value is -1.59. The summed E-state index contributed by atoms with van der Waals surface area (Å²) in [7, 11) is 0. The molecule has 0 unspecified atom stereocenters. The minimum atomic E-state index is -0.618. The molecule has 0 bridgehead atoms. The van der Waals surface area contributed by atoms with Gasteiger partial charge in [-0.2, -0.15) is 0 Å². The van der Waals surface area contributed by atoms with Crippen molar-refractivity contribution in [1.29, 1.82) is 0 Å². The highest BCUT2D eigenvalue weighted by molar-refractivity contribution is 5.96. The van der Waals surface area contributed by atoms with Gasteiger partial charge in [0.1, 0.15) is 5.60 Å². The first-order chi connectivity index (χ1) is 9.27. The summed E-state index contributed by atoms with van der Waals surface area (Å²) in [4.78, 5) is 25.7. The second-order valence-corrected chi connectivity index (χ2v) is 6.60. The highest BCUT2D eigenvalue weighted by Crippen LogP contribution is 2.42. The Morgan fingerprint density at radius 3 is 2.30 bits per heavy atom. The molecular formula is C14H22N2O4. The first-order valence-electron chi connectivity index (χ1n) is 7.03. The Bertz CT molecular complexity index is 441. The SMILES string of the molecule is CC(C)(C)OC(=O)N1C(=O)CCC12CCC(=NO)CC2. The normalized spacial score (nSPS) is 27.1. The predicted octanol–water partition coefficient (Wildman–Crippen LogP) is 2.69. The summed E-state index contributed by atoms with van der Waals surface area (Å²) >= 11 is 0. The van der Waals surface area contributed by atoms with E-state index in [1.807, 2.05) is 0 Å². The number of carbonyl (C=O) groups is 2. The Labute approximate surface area is 118 Å². The highest BCUT2D eigenvalue weighted by atomic mass is 16.6. The van der Waals surface area contributed by atoms with Gasteiger partial charge in [-0.1, -0.05) is 5.16 Å². The molecule has 2 aliphatic rings. The third-order valence-corrected chi connectivity index (χ3v) is 4.00. The van der Waals surface area contributed by atoms with Crippen molar-refractivity contribution in [3.63, 3.8) is 0 Å². The molecule has 1 spiro atoms. The largest absolute Gasteiger partial charge is 0.443 e. The minimum Gasteiger partial charge on any atom is -0.443 e. The lowest BCUT2D eigenvalue weighted by molar-refractivity contribution is -0.130. The van der Waals surface area contributed by atoms with E-state index in [1.165, 1.54) is 4.90 Å². The van der Waals surface area contributed by atoms with Gasteiger partial charge in [-0.05, 0) is 52.9 Å². The first kappa shape index (κ1) is 14.8. The fraction of sp³-hybridized carbons (Fsp3) is 0.786. The molecule has 1 saturated heterocycles. The summed E-state index contributed by atoms with van der Waals surface area (Å²) in [6, 6.07) is 0. The number of amides is 2. The van der Waals surface area contributed by atoms with Gasteiger partial charge in [0.15, 0.2) is 0 Å². The fourth-order valence-electron chi connectivity index (χ4n) is 3.01. The molecule has 0 aromatic rings. The van der Waals surface area contributed by atoms with Gasteiger partial charge in [0.2, 0.25) is 5.91 Å². The number of hydrogen-bond donors (Lipinski definition) is 1. The number of rotatable bonds is 0. The van der Waals surface area contributed by atoms with Gasteiger partial charge in [-0.15, -0.1) is 0 Å². The lowest BCUT2D eigenvalue weighted by atomic mass is 9.79. The average molecular weight is 282 g/mol. The van der Waals surface area contributed by atoms with Crippen LogP contribution in [0, 0.1) is 0 Å². The molecule has 1 aliphatic carbocycles. The minimum absolute atomic E-state index is 0.163. The molecule has 0 aromatic carbocycles. The number of nitrogens with zero attached hydrogens (tertiary/aromatic N) is 2. The predicted molar refractivity (Wildman–Crippen MR) is 72.7 cm³/mol. The Kier molecular flexibility index (Phi) is 3.75. The summed E-state index contributed by atoms with van der Waals surface area (Å²) in [5.41, 5.74) is -0.333. The van der Waals surface area contributed by atoms with Crippen LogP contribution < -0.4 is 0 Å². The van der Waals surface area contributed by atoms with Crippen LogP contribution >= 0.6 is 0 Å². The Morgan fingerprint density at radius 2 is 1.80 bits per heavy atom. The maximum absolute atomic E-state index is 12.3.